The summed E-state index contributed by atoms with van der Waals surface area (Å²) in [5, 5.41) is 11.2. The molecular formula is C22H32O2. The second-order valence-electron chi connectivity index (χ2n) is 10.8. The van der Waals surface area contributed by atoms with Gasteiger partial charge in [0, 0.05) is 5.92 Å². The van der Waals surface area contributed by atoms with Crippen molar-refractivity contribution in [2.45, 2.75) is 70.3 Å². The van der Waals surface area contributed by atoms with Crippen LogP contribution in [0.3, 0.4) is 0 Å². The number of ketones is 1. The van der Waals surface area contributed by atoms with Crippen LogP contribution >= 0.6 is 0 Å². The first-order valence-electron chi connectivity index (χ1n) is 10.9. The van der Waals surface area contributed by atoms with Crippen LogP contribution in [0.1, 0.15) is 64.2 Å². The molecule has 24 heavy (non-hydrogen) atoms. The van der Waals surface area contributed by atoms with Crippen LogP contribution in [0.15, 0.2) is 0 Å². The minimum absolute atomic E-state index is 0.227. The molecule has 132 valence electrons. The number of aliphatic hydroxyl groups excluding tert-OH is 1. The van der Waals surface area contributed by atoms with Gasteiger partial charge in [-0.3, -0.25) is 4.79 Å². The summed E-state index contributed by atoms with van der Waals surface area (Å²) in [6.07, 6.45) is 12.7. The maximum Gasteiger partial charge on any atom is 0.165 e. The van der Waals surface area contributed by atoms with Gasteiger partial charge in [0.25, 0.3) is 0 Å². The van der Waals surface area contributed by atoms with Crippen molar-refractivity contribution in [1.82, 2.24) is 0 Å². The van der Waals surface area contributed by atoms with Gasteiger partial charge in [-0.1, -0.05) is 0 Å². The van der Waals surface area contributed by atoms with Gasteiger partial charge in [-0.25, -0.2) is 0 Å². The highest BCUT2D eigenvalue weighted by Crippen LogP contribution is 2.60. The van der Waals surface area contributed by atoms with Crippen molar-refractivity contribution in [3.05, 3.63) is 0 Å². The van der Waals surface area contributed by atoms with Crippen molar-refractivity contribution < 1.29 is 9.90 Å². The van der Waals surface area contributed by atoms with Crippen LogP contribution in [0.2, 0.25) is 0 Å². The van der Waals surface area contributed by atoms with Crippen molar-refractivity contribution in [1.29, 1.82) is 0 Å². The van der Waals surface area contributed by atoms with Gasteiger partial charge in [0.15, 0.2) is 5.78 Å². The van der Waals surface area contributed by atoms with E-state index >= 15 is 0 Å². The Hall–Kier alpha value is -0.370. The van der Waals surface area contributed by atoms with Crippen molar-refractivity contribution >= 4 is 5.78 Å². The van der Waals surface area contributed by atoms with Crippen molar-refractivity contribution in [3.8, 4) is 0 Å². The van der Waals surface area contributed by atoms with Gasteiger partial charge in [0.05, 0.1) is 0 Å². The van der Waals surface area contributed by atoms with Crippen molar-refractivity contribution in [2.24, 2.45) is 59.2 Å². The lowest BCUT2D eigenvalue weighted by atomic mass is 9.48. The average molecular weight is 328 g/mol. The summed E-state index contributed by atoms with van der Waals surface area (Å²) >= 11 is 0. The Bertz CT molecular complexity index is 496. The molecule has 0 spiro atoms. The third-order valence-electron chi connectivity index (χ3n) is 9.51. The largest absolute Gasteiger partial charge is 0.385 e. The number of carbonyl (C=O) groups is 1. The molecule has 0 aliphatic heterocycles. The lowest BCUT2D eigenvalue weighted by molar-refractivity contribution is -0.157. The van der Waals surface area contributed by atoms with Crippen LogP contribution in [0, 0.1) is 59.2 Å². The zero-order valence-corrected chi connectivity index (χ0v) is 14.8. The second-order valence-corrected chi connectivity index (χ2v) is 10.8. The molecule has 0 aromatic rings. The van der Waals surface area contributed by atoms with Crippen LogP contribution in [-0.2, 0) is 4.79 Å². The highest BCUT2D eigenvalue weighted by molar-refractivity contribution is 5.86. The summed E-state index contributed by atoms with van der Waals surface area (Å²) in [5.74, 6) is 7.09. The molecule has 2 nitrogen and oxygen atoms in total. The number of hydrogen-bond donors (Lipinski definition) is 1. The first-order valence-corrected chi connectivity index (χ1v) is 10.9. The van der Waals surface area contributed by atoms with Crippen molar-refractivity contribution in [3.63, 3.8) is 0 Å². The predicted octanol–water partition coefficient (Wildman–Crippen LogP) is 4.06. The maximum atomic E-state index is 13.4. The highest BCUT2D eigenvalue weighted by Gasteiger charge is 2.56. The Balaban J connectivity index is 1.24. The molecule has 8 bridgehead atoms. The molecule has 0 radical (unpaired) electrons. The first kappa shape index (κ1) is 14.8. The van der Waals surface area contributed by atoms with E-state index in [4.69, 9.17) is 0 Å². The van der Waals surface area contributed by atoms with E-state index in [2.05, 4.69) is 0 Å². The first-order chi connectivity index (χ1) is 11.7. The number of aliphatic hydroxyl groups is 1. The Morgan fingerprint density at radius 3 is 1.42 bits per heavy atom. The van der Waals surface area contributed by atoms with Crippen LogP contribution in [0.5, 0.6) is 0 Å². The second kappa shape index (κ2) is 5.09. The Kier molecular flexibility index (Phi) is 3.13. The summed E-state index contributed by atoms with van der Waals surface area (Å²) < 4.78 is 0. The van der Waals surface area contributed by atoms with E-state index in [1.807, 2.05) is 0 Å². The maximum absolute atomic E-state index is 13.4. The molecule has 8 aliphatic rings. The fourth-order valence-corrected chi connectivity index (χ4v) is 9.26. The number of Topliss-reactive ketones (excluding diaryl/α,β-unsaturated/α-hetero) is 1. The fraction of sp³-hybridized carbons (Fsp3) is 0.955. The monoisotopic (exact) mass is 328 g/mol. The molecule has 2 heteroatoms. The molecule has 0 aromatic carbocycles. The Morgan fingerprint density at radius 2 is 1.00 bits per heavy atom. The summed E-state index contributed by atoms with van der Waals surface area (Å²) in [6, 6.07) is 0. The smallest absolute Gasteiger partial charge is 0.165 e. The van der Waals surface area contributed by atoms with Gasteiger partial charge in [-0.15, -0.1) is 0 Å². The molecule has 8 aliphatic carbocycles. The fourth-order valence-electron chi connectivity index (χ4n) is 9.26. The molecule has 8 rings (SSSR count). The van der Waals surface area contributed by atoms with Crippen LogP contribution < -0.4 is 0 Å². The zero-order valence-electron chi connectivity index (χ0n) is 14.8. The van der Waals surface area contributed by atoms with Crippen LogP contribution in [0.4, 0.5) is 0 Å². The molecule has 0 amide bonds. The molecule has 0 saturated heterocycles. The third-order valence-corrected chi connectivity index (χ3v) is 9.51. The van der Waals surface area contributed by atoms with Crippen LogP contribution in [0.25, 0.3) is 0 Å². The van der Waals surface area contributed by atoms with Gasteiger partial charge in [-0.05, 0) is 117 Å². The standard InChI is InChI=1S/C22H32O2/c23-21(19-15-3-11-1-12(5-15)6-16(19)4-11)22(24)20-17-7-13-2-14(9-17)10-18(20)8-13/h11-21,23H,1-10H2. The van der Waals surface area contributed by atoms with E-state index in [0.29, 0.717) is 35.4 Å². The summed E-state index contributed by atoms with van der Waals surface area (Å²) in [5.41, 5.74) is 0. The molecule has 1 unspecified atom stereocenters. The number of carbonyl (C=O) groups excluding carboxylic acids is 1. The number of hydrogen-bond acceptors (Lipinski definition) is 2. The number of rotatable bonds is 3. The molecule has 1 N–H and O–H groups in total. The highest BCUT2D eigenvalue weighted by atomic mass is 16.3. The molecule has 8 saturated carbocycles. The summed E-state index contributed by atoms with van der Waals surface area (Å²) in [7, 11) is 0. The summed E-state index contributed by atoms with van der Waals surface area (Å²) in [4.78, 5) is 13.4. The van der Waals surface area contributed by atoms with E-state index < -0.39 is 6.10 Å². The molecule has 1 atom stereocenters. The van der Waals surface area contributed by atoms with E-state index in [-0.39, 0.29) is 5.92 Å². The van der Waals surface area contributed by atoms with Gasteiger partial charge in [0.2, 0.25) is 0 Å². The summed E-state index contributed by atoms with van der Waals surface area (Å²) in [6.45, 7) is 0. The Morgan fingerprint density at radius 1 is 0.625 bits per heavy atom. The van der Waals surface area contributed by atoms with E-state index in [1.165, 1.54) is 64.2 Å². The van der Waals surface area contributed by atoms with Crippen LogP contribution in [-0.4, -0.2) is 17.0 Å². The minimum Gasteiger partial charge on any atom is -0.385 e. The van der Waals surface area contributed by atoms with Crippen molar-refractivity contribution in [2.75, 3.05) is 0 Å². The minimum atomic E-state index is -0.623. The van der Waals surface area contributed by atoms with Gasteiger partial charge < -0.3 is 5.11 Å². The lowest BCUT2D eigenvalue weighted by Crippen LogP contribution is -2.55. The molecule has 8 fully saturated rings. The molecule has 0 aromatic heterocycles. The van der Waals surface area contributed by atoms with E-state index in [1.54, 1.807) is 0 Å². The Labute approximate surface area is 145 Å². The van der Waals surface area contributed by atoms with E-state index in [9.17, 15) is 9.90 Å². The molecular weight excluding hydrogens is 296 g/mol. The van der Waals surface area contributed by atoms with Gasteiger partial charge in [0.1, 0.15) is 6.10 Å². The zero-order chi connectivity index (χ0) is 16.0. The van der Waals surface area contributed by atoms with Gasteiger partial charge >= 0.3 is 0 Å². The lowest BCUT2D eigenvalue weighted by Gasteiger charge is -2.57. The topological polar surface area (TPSA) is 37.3 Å². The van der Waals surface area contributed by atoms with E-state index in [0.717, 1.165) is 23.7 Å². The third kappa shape index (κ3) is 2.01. The SMILES string of the molecule is O=C(C(O)C1C2CC3CC(C2)CC1C3)C1C2CC3CC(C2)CC1C3. The quantitative estimate of drug-likeness (QED) is 0.848. The predicted molar refractivity (Wildman–Crippen MR) is 92.1 cm³/mol. The molecule has 0 heterocycles. The average Bonchev–Trinajstić information content (AvgIpc) is 2.52. The van der Waals surface area contributed by atoms with Gasteiger partial charge in [-0.2, -0.15) is 0 Å². The normalized spacial score (nSPS) is 58.2.